The van der Waals surface area contributed by atoms with E-state index in [0.717, 1.165) is 4.90 Å². The minimum absolute atomic E-state index is 0. The minimum Gasteiger partial charge on any atom is -0.336 e. The number of aromatic nitrogens is 2. The lowest BCUT2D eigenvalue weighted by Crippen LogP contribution is -2.50. The van der Waals surface area contributed by atoms with E-state index in [1.54, 1.807) is 24.4 Å². The predicted octanol–water partition coefficient (Wildman–Crippen LogP) is 3.03. The molecule has 2 aliphatic heterocycles. The van der Waals surface area contributed by atoms with Crippen molar-refractivity contribution in [2.75, 3.05) is 13.1 Å². The number of nitrogens with two attached hydrogens (primary N) is 1. The number of carbonyl (C=O) groups is 3. The Hall–Kier alpha value is -2.57. The summed E-state index contributed by atoms with van der Waals surface area (Å²) in [7, 11) is 0. The standard InChI is InChI=1S/C22H24F3N5O3S.ClH/c1-12-4-5-17(31)30(21(12)33)10-13(26)9-18(32)29-7-6-14-15(11-29)27-20(16-3-2-8-34-16)28-19(14)22(23,24)25;/h2-3,8,12-13H,4-7,9-11,26H2,1H3;1H/t12?,13-;/m0./s1. The highest BCUT2D eigenvalue weighted by Crippen LogP contribution is 2.36. The molecule has 0 aromatic carbocycles. The summed E-state index contributed by atoms with van der Waals surface area (Å²) in [5, 5.41) is 1.72. The Morgan fingerprint density at radius 2 is 2.03 bits per heavy atom. The molecule has 0 spiro atoms. The van der Waals surface area contributed by atoms with E-state index in [4.69, 9.17) is 5.73 Å². The lowest BCUT2D eigenvalue weighted by Gasteiger charge is -2.32. The number of hydrogen-bond acceptors (Lipinski definition) is 7. The highest BCUT2D eigenvalue weighted by atomic mass is 35.5. The molecule has 4 rings (SSSR count). The summed E-state index contributed by atoms with van der Waals surface area (Å²) in [6.07, 6.45) is -4.07. The third kappa shape index (κ3) is 5.81. The highest BCUT2D eigenvalue weighted by molar-refractivity contribution is 7.13. The monoisotopic (exact) mass is 531 g/mol. The molecule has 13 heteroatoms. The first kappa shape index (κ1) is 27.0. The van der Waals surface area contributed by atoms with Crippen molar-refractivity contribution in [1.82, 2.24) is 19.8 Å². The van der Waals surface area contributed by atoms with Crippen LogP contribution in [0.25, 0.3) is 10.7 Å². The normalized spacial score (nSPS) is 19.3. The summed E-state index contributed by atoms with van der Waals surface area (Å²) in [4.78, 5) is 48.4. The van der Waals surface area contributed by atoms with E-state index in [9.17, 15) is 27.6 Å². The zero-order valence-corrected chi connectivity index (χ0v) is 20.5. The smallest absolute Gasteiger partial charge is 0.336 e. The van der Waals surface area contributed by atoms with Crippen molar-refractivity contribution in [3.8, 4) is 10.7 Å². The molecule has 4 heterocycles. The third-order valence-electron chi connectivity index (χ3n) is 6.06. The summed E-state index contributed by atoms with van der Waals surface area (Å²) in [6.45, 7) is 1.65. The van der Waals surface area contributed by atoms with Crippen LogP contribution in [0.3, 0.4) is 0 Å². The molecule has 2 aromatic heterocycles. The van der Waals surface area contributed by atoms with Crippen LogP contribution in [-0.4, -0.2) is 56.6 Å². The van der Waals surface area contributed by atoms with E-state index in [1.165, 1.54) is 16.2 Å². The molecular weight excluding hydrogens is 507 g/mol. The van der Waals surface area contributed by atoms with Gasteiger partial charge in [0.1, 0.15) is 0 Å². The number of piperidine rings is 1. The van der Waals surface area contributed by atoms with Crippen molar-refractivity contribution in [3.63, 3.8) is 0 Å². The van der Waals surface area contributed by atoms with E-state index in [0.29, 0.717) is 11.3 Å². The zero-order valence-electron chi connectivity index (χ0n) is 18.9. The molecule has 2 N–H and O–H groups in total. The number of nitrogens with zero attached hydrogens (tertiary/aromatic N) is 4. The molecule has 0 saturated carbocycles. The average molecular weight is 532 g/mol. The molecular formula is C22H25ClF3N5O3S. The summed E-state index contributed by atoms with van der Waals surface area (Å²) in [5.41, 5.74) is 5.27. The van der Waals surface area contributed by atoms with Crippen LogP contribution in [0.15, 0.2) is 17.5 Å². The van der Waals surface area contributed by atoms with Crippen molar-refractivity contribution >= 4 is 41.5 Å². The average Bonchev–Trinajstić information content (AvgIpc) is 3.32. The summed E-state index contributed by atoms with van der Waals surface area (Å²) >= 11 is 1.23. The van der Waals surface area contributed by atoms with Gasteiger partial charge in [-0.2, -0.15) is 13.2 Å². The second-order valence-electron chi connectivity index (χ2n) is 8.61. The Labute approximate surface area is 210 Å². The minimum atomic E-state index is -4.64. The number of imide groups is 1. The van der Waals surface area contributed by atoms with Crippen LogP contribution in [0.1, 0.15) is 43.1 Å². The number of thiophene rings is 1. The van der Waals surface area contributed by atoms with Crippen LogP contribution in [0.4, 0.5) is 13.2 Å². The van der Waals surface area contributed by atoms with E-state index >= 15 is 0 Å². The number of fused-ring (bicyclic) bond motifs is 1. The van der Waals surface area contributed by atoms with Crippen LogP contribution < -0.4 is 5.73 Å². The molecule has 2 aromatic rings. The van der Waals surface area contributed by atoms with Crippen molar-refractivity contribution < 1.29 is 27.6 Å². The second-order valence-corrected chi connectivity index (χ2v) is 9.56. The first-order valence-electron chi connectivity index (χ1n) is 10.9. The van der Waals surface area contributed by atoms with E-state index in [2.05, 4.69) is 9.97 Å². The maximum Gasteiger partial charge on any atom is 0.433 e. The van der Waals surface area contributed by atoms with Gasteiger partial charge in [-0.15, -0.1) is 23.7 Å². The van der Waals surface area contributed by atoms with Crippen molar-refractivity contribution in [3.05, 3.63) is 34.5 Å². The summed E-state index contributed by atoms with van der Waals surface area (Å²) in [6, 6.07) is 2.57. The van der Waals surface area contributed by atoms with Gasteiger partial charge >= 0.3 is 6.18 Å². The van der Waals surface area contributed by atoms with E-state index < -0.39 is 17.9 Å². The molecule has 2 aliphatic rings. The largest absolute Gasteiger partial charge is 0.433 e. The molecule has 1 unspecified atom stereocenters. The maximum absolute atomic E-state index is 13.7. The molecule has 0 aliphatic carbocycles. The van der Waals surface area contributed by atoms with Crippen LogP contribution in [0, 0.1) is 5.92 Å². The summed E-state index contributed by atoms with van der Waals surface area (Å²) < 4.78 is 41.1. The van der Waals surface area contributed by atoms with Gasteiger partial charge in [0.15, 0.2) is 11.5 Å². The van der Waals surface area contributed by atoms with Gasteiger partial charge < -0.3 is 10.6 Å². The molecule has 8 nitrogen and oxygen atoms in total. The number of rotatable bonds is 5. The first-order valence-corrected chi connectivity index (χ1v) is 11.8. The van der Waals surface area contributed by atoms with Crippen LogP contribution in [-0.2, 0) is 33.5 Å². The molecule has 190 valence electrons. The maximum atomic E-state index is 13.7. The van der Waals surface area contributed by atoms with Gasteiger partial charge in [-0.3, -0.25) is 19.3 Å². The fourth-order valence-corrected chi connectivity index (χ4v) is 4.88. The number of alkyl halides is 3. The quantitative estimate of drug-likeness (QED) is 0.594. The Morgan fingerprint density at radius 3 is 2.69 bits per heavy atom. The Morgan fingerprint density at radius 1 is 1.29 bits per heavy atom. The SMILES string of the molecule is CC1CCC(=O)N(C[C@@H](N)CC(=O)N2CCc3c(nc(-c4cccs4)nc3C(F)(F)F)C2)C1=O.Cl. The molecule has 1 saturated heterocycles. The van der Waals surface area contributed by atoms with Gasteiger partial charge in [-0.25, -0.2) is 9.97 Å². The van der Waals surface area contributed by atoms with Gasteiger partial charge in [0, 0.05) is 43.5 Å². The molecule has 1 fully saturated rings. The number of carbonyl (C=O) groups excluding carboxylic acids is 3. The molecule has 0 bridgehead atoms. The number of amides is 3. The van der Waals surface area contributed by atoms with Crippen molar-refractivity contribution in [2.24, 2.45) is 11.7 Å². The van der Waals surface area contributed by atoms with Gasteiger partial charge in [0.2, 0.25) is 17.7 Å². The van der Waals surface area contributed by atoms with Crippen molar-refractivity contribution in [1.29, 1.82) is 0 Å². The van der Waals surface area contributed by atoms with E-state index in [-0.39, 0.29) is 92.0 Å². The van der Waals surface area contributed by atoms with Crippen LogP contribution >= 0.6 is 23.7 Å². The second kappa shape index (κ2) is 10.6. The highest BCUT2D eigenvalue weighted by Gasteiger charge is 2.39. The fraction of sp³-hybridized carbons (Fsp3) is 0.500. The fourth-order valence-electron chi connectivity index (χ4n) is 4.23. The molecule has 3 amide bonds. The third-order valence-corrected chi connectivity index (χ3v) is 6.93. The van der Waals surface area contributed by atoms with Gasteiger partial charge in [0.25, 0.3) is 0 Å². The van der Waals surface area contributed by atoms with Crippen LogP contribution in [0.5, 0.6) is 0 Å². The Balaban J connectivity index is 0.00000342. The van der Waals surface area contributed by atoms with Gasteiger partial charge in [0.05, 0.1) is 17.1 Å². The Kier molecular flexibility index (Phi) is 8.17. The van der Waals surface area contributed by atoms with Crippen molar-refractivity contribution in [2.45, 2.75) is 51.4 Å². The number of hydrogen-bond donors (Lipinski definition) is 1. The predicted molar refractivity (Wildman–Crippen MR) is 124 cm³/mol. The first-order chi connectivity index (χ1) is 16.0. The lowest BCUT2D eigenvalue weighted by molar-refractivity contribution is -0.152. The number of likely N-dealkylation sites (tertiary alicyclic amines) is 1. The van der Waals surface area contributed by atoms with Crippen LogP contribution in [0.2, 0.25) is 0 Å². The van der Waals surface area contributed by atoms with Gasteiger partial charge in [-0.1, -0.05) is 13.0 Å². The molecule has 35 heavy (non-hydrogen) atoms. The lowest BCUT2D eigenvalue weighted by atomic mass is 9.97. The van der Waals surface area contributed by atoms with Gasteiger partial charge in [-0.05, 0) is 24.3 Å². The number of halogens is 4. The molecule has 2 atom stereocenters. The Bertz CT molecular complexity index is 1110. The topological polar surface area (TPSA) is 109 Å². The zero-order chi connectivity index (χ0) is 24.6. The van der Waals surface area contributed by atoms with E-state index in [1.807, 2.05) is 0 Å². The molecule has 0 radical (unpaired) electrons. The summed E-state index contributed by atoms with van der Waals surface area (Å²) in [5.74, 6) is -1.28.